The fourth-order valence-electron chi connectivity index (χ4n) is 9.49. The van der Waals surface area contributed by atoms with Gasteiger partial charge in [-0.05, 0) is 117 Å². The van der Waals surface area contributed by atoms with Gasteiger partial charge in [0.1, 0.15) is 0 Å². The smallest absolute Gasteiger partial charge is 0.0594 e. The Bertz CT molecular complexity index is 754. The van der Waals surface area contributed by atoms with Crippen LogP contribution in [-0.2, 0) is 0 Å². The van der Waals surface area contributed by atoms with Crippen molar-refractivity contribution in [2.75, 3.05) is 0 Å². The molecule has 8 atom stereocenters. The second-order valence-electron chi connectivity index (χ2n) is 13.7. The first kappa shape index (κ1) is 23.6. The minimum Gasteiger partial charge on any atom is -0.393 e. The van der Waals surface area contributed by atoms with Gasteiger partial charge < -0.3 is 5.11 Å². The number of aliphatic hydroxyl groups excluding tert-OH is 1. The number of aliphatic hydroxyl groups is 1. The number of hydrogen-bond donors (Lipinski definition) is 1. The molecule has 0 aromatic heterocycles. The lowest BCUT2D eigenvalue weighted by Crippen LogP contribution is -2.58. The van der Waals surface area contributed by atoms with E-state index in [-0.39, 0.29) is 11.5 Å². The molecule has 1 nitrogen and oxygen atoms in total. The molecule has 0 heterocycles. The van der Waals surface area contributed by atoms with Crippen molar-refractivity contribution in [2.24, 2.45) is 45.3 Å². The standard InChI is InChI=1S/C30H50O/c1-20(2)10-9-11-21(3)22-14-18-30(8)24-12-13-25-27(4,5)26(31)16-17-28(25,6)23(24)15-19-29(22,30)7/h10,12,21-23,25-26,31H,9,11,13-19H2,1-8H3/t21-,22+,23-,25+,26+,28-,29+,30-/m1/s1. The highest BCUT2D eigenvalue weighted by Crippen LogP contribution is 2.73. The normalized spacial score (nSPS) is 46.9. The lowest BCUT2D eigenvalue weighted by Gasteiger charge is -2.64. The zero-order valence-corrected chi connectivity index (χ0v) is 21.9. The van der Waals surface area contributed by atoms with Gasteiger partial charge in [0.25, 0.3) is 0 Å². The predicted molar refractivity (Wildman–Crippen MR) is 133 cm³/mol. The molecule has 0 aromatic carbocycles. The highest BCUT2D eigenvalue weighted by molar-refractivity contribution is 5.33. The van der Waals surface area contributed by atoms with E-state index in [0.29, 0.717) is 22.2 Å². The summed E-state index contributed by atoms with van der Waals surface area (Å²) in [7, 11) is 0. The molecule has 0 spiro atoms. The molecule has 3 fully saturated rings. The van der Waals surface area contributed by atoms with E-state index in [0.717, 1.165) is 24.2 Å². The van der Waals surface area contributed by atoms with Crippen LogP contribution in [0.2, 0.25) is 0 Å². The molecule has 0 amide bonds. The van der Waals surface area contributed by atoms with Crippen LogP contribution in [0.5, 0.6) is 0 Å². The van der Waals surface area contributed by atoms with Crippen LogP contribution in [-0.4, -0.2) is 11.2 Å². The molecule has 1 N–H and O–H groups in total. The Morgan fingerprint density at radius 2 is 1.77 bits per heavy atom. The van der Waals surface area contributed by atoms with Gasteiger partial charge in [0.05, 0.1) is 6.10 Å². The van der Waals surface area contributed by atoms with Crippen molar-refractivity contribution < 1.29 is 5.11 Å². The summed E-state index contributed by atoms with van der Waals surface area (Å²) in [6.07, 6.45) is 16.5. The molecule has 31 heavy (non-hydrogen) atoms. The first-order chi connectivity index (χ1) is 14.4. The zero-order chi connectivity index (χ0) is 22.8. The van der Waals surface area contributed by atoms with Crippen LogP contribution in [0.3, 0.4) is 0 Å². The molecule has 4 aliphatic rings. The van der Waals surface area contributed by atoms with Crippen molar-refractivity contribution >= 4 is 0 Å². The number of allylic oxidation sites excluding steroid dienone is 4. The van der Waals surface area contributed by atoms with Gasteiger partial charge in [0.15, 0.2) is 0 Å². The van der Waals surface area contributed by atoms with Crippen molar-refractivity contribution in [3.63, 3.8) is 0 Å². The average molecular weight is 427 g/mol. The summed E-state index contributed by atoms with van der Waals surface area (Å²) in [5, 5.41) is 10.8. The molecule has 0 unspecified atom stereocenters. The summed E-state index contributed by atoms with van der Waals surface area (Å²) < 4.78 is 0. The van der Waals surface area contributed by atoms with Gasteiger partial charge in [0.2, 0.25) is 0 Å². The Morgan fingerprint density at radius 1 is 1.06 bits per heavy atom. The summed E-state index contributed by atoms with van der Waals surface area (Å²) in [5.74, 6) is 3.02. The number of fused-ring (bicyclic) bond motifs is 5. The van der Waals surface area contributed by atoms with E-state index in [4.69, 9.17) is 0 Å². The van der Waals surface area contributed by atoms with Crippen LogP contribution < -0.4 is 0 Å². The third-order valence-corrected chi connectivity index (χ3v) is 11.7. The minimum absolute atomic E-state index is 0.0360. The molecule has 0 radical (unpaired) electrons. The van der Waals surface area contributed by atoms with Gasteiger partial charge in [-0.3, -0.25) is 0 Å². The zero-order valence-electron chi connectivity index (χ0n) is 21.9. The molecule has 4 aliphatic carbocycles. The molecule has 0 saturated heterocycles. The third kappa shape index (κ3) is 3.34. The lowest BCUT2D eigenvalue weighted by molar-refractivity contribution is -0.131. The van der Waals surface area contributed by atoms with E-state index in [9.17, 15) is 5.11 Å². The van der Waals surface area contributed by atoms with E-state index in [2.05, 4.69) is 67.5 Å². The highest BCUT2D eigenvalue weighted by atomic mass is 16.3. The molecular formula is C30H50O. The van der Waals surface area contributed by atoms with Crippen LogP contribution in [0.25, 0.3) is 0 Å². The topological polar surface area (TPSA) is 20.2 Å². The maximum Gasteiger partial charge on any atom is 0.0594 e. The summed E-state index contributed by atoms with van der Waals surface area (Å²) in [4.78, 5) is 0. The van der Waals surface area contributed by atoms with Crippen molar-refractivity contribution in [3.05, 3.63) is 23.3 Å². The average Bonchev–Trinajstić information content (AvgIpc) is 2.96. The maximum absolute atomic E-state index is 10.8. The highest BCUT2D eigenvalue weighted by Gasteiger charge is 2.65. The van der Waals surface area contributed by atoms with E-state index in [1.54, 1.807) is 0 Å². The van der Waals surface area contributed by atoms with Crippen molar-refractivity contribution in [2.45, 2.75) is 119 Å². The van der Waals surface area contributed by atoms with Gasteiger partial charge in [-0.2, -0.15) is 0 Å². The molecular weight excluding hydrogens is 376 g/mol. The Labute approximate surface area is 193 Å². The molecule has 3 saturated carbocycles. The van der Waals surface area contributed by atoms with E-state index in [1.807, 2.05) is 5.57 Å². The molecule has 176 valence electrons. The molecule has 0 aliphatic heterocycles. The molecule has 0 aromatic rings. The van der Waals surface area contributed by atoms with Gasteiger partial charge in [0, 0.05) is 0 Å². The van der Waals surface area contributed by atoms with Crippen molar-refractivity contribution in [1.82, 2.24) is 0 Å². The largest absolute Gasteiger partial charge is 0.393 e. The third-order valence-electron chi connectivity index (χ3n) is 11.7. The maximum atomic E-state index is 10.8. The minimum atomic E-state index is -0.137. The second kappa shape index (κ2) is 7.75. The molecule has 1 heteroatoms. The Hall–Kier alpha value is -0.560. The molecule has 4 rings (SSSR count). The van der Waals surface area contributed by atoms with Gasteiger partial charge in [-0.1, -0.05) is 64.8 Å². The first-order valence-electron chi connectivity index (χ1n) is 13.4. The Morgan fingerprint density at radius 3 is 2.45 bits per heavy atom. The Kier molecular flexibility index (Phi) is 5.90. The molecule has 0 bridgehead atoms. The fraction of sp³-hybridized carbons (Fsp3) is 0.867. The van der Waals surface area contributed by atoms with Crippen molar-refractivity contribution in [3.8, 4) is 0 Å². The van der Waals surface area contributed by atoms with Gasteiger partial charge in [-0.15, -0.1) is 0 Å². The van der Waals surface area contributed by atoms with Crippen LogP contribution in [0, 0.1) is 45.3 Å². The van der Waals surface area contributed by atoms with E-state index in [1.165, 1.54) is 56.9 Å². The Balaban J connectivity index is 1.62. The quantitative estimate of drug-likeness (QED) is 0.448. The number of rotatable bonds is 4. The van der Waals surface area contributed by atoms with Crippen LogP contribution in [0.4, 0.5) is 0 Å². The summed E-state index contributed by atoms with van der Waals surface area (Å²) >= 11 is 0. The SMILES string of the molecule is CC(C)=CCC[C@@H](C)[C@@H]1CC[C@]2(C)C3=CC[C@H]4C(C)(C)[C@@H](O)CC[C@]4(C)[C@@H]3CC[C@@]12C. The van der Waals surface area contributed by atoms with Crippen LogP contribution >= 0.6 is 0 Å². The monoisotopic (exact) mass is 426 g/mol. The lowest BCUT2D eigenvalue weighted by atomic mass is 9.41. The van der Waals surface area contributed by atoms with Gasteiger partial charge >= 0.3 is 0 Å². The summed E-state index contributed by atoms with van der Waals surface area (Å²) in [6.45, 7) is 19.6. The van der Waals surface area contributed by atoms with Crippen LogP contribution in [0.15, 0.2) is 23.3 Å². The number of hydrogen-bond acceptors (Lipinski definition) is 1. The second-order valence-corrected chi connectivity index (χ2v) is 13.7. The fourth-order valence-corrected chi connectivity index (χ4v) is 9.49. The van der Waals surface area contributed by atoms with Gasteiger partial charge in [-0.25, -0.2) is 0 Å². The summed E-state index contributed by atoms with van der Waals surface area (Å²) in [5.41, 5.74) is 4.53. The first-order valence-corrected chi connectivity index (χ1v) is 13.4. The summed E-state index contributed by atoms with van der Waals surface area (Å²) in [6, 6.07) is 0. The van der Waals surface area contributed by atoms with Crippen LogP contribution in [0.1, 0.15) is 113 Å². The predicted octanol–water partition coefficient (Wildman–Crippen LogP) is 8.34. The van der Waals surface area contributed by atoms with E-state index >= 15 is 0 Å². The van der Waals surface area contributed by atoms with Crippen molar-refractivity contribution in [1.29, 1.82) is 0 Å². The van der Waals surface area contributed by atoms with E-state index < -0.39 is 0 Å².